The van der Waals surface area contributed by atoms with Crippen LogP contribution in [0.25, 0.3) is 0 Å². The molecule has 0 amide bonds. The first-order chi connectivity index (χ1) is 6.42. The van der Waals surface area contributed by atoms with Gasteiger partial charge in [-0.25, -0.2) is 0 Å². The monoisotopic (exact) mass is 213 g/mol. The maximum absolute atomic E-state index is 9.11. The van der Waals surface area contributed by atoms with Crippen LogP contribution < -0.4 is 5.73 Å². The molecule has 0 aliphatic carbocycles. The third-order valence-corrected chi connectivity index (χ3v) is 3.88. The van der Waals surface area contributed by atoms with Crippen molar-refractivity contribution in [2.45, 2.75) is 38.1 Å². The van der Waals surface area contributed by atoms with Crippen molar-refractivity contribution in [3.63, 3.8) is 0 Å². The van der Waals surface area contributed by atoms with E-state index in [1.54, 1.807) is 11.3 Å². The Morgan fingerprint density at radius 3 is 2.43 bits per heavy atom. The second-order valence-corrected chi connectivity index (χ2v) is 5.32. The van der Waals surface area contributed by atoms with Gasteiger partial charge in [-0.05, 0) is 42.7 Å². The second-order valence-electron chi connectivity index (χ2n) is 4.54. The predicted octanol–water partition coefficient (Wildman–Crippen LogP) is 2.13. The van der Waals surface area contributed by atoms with Crippen molar-refractivity contribution in [3.05, 3.63) is 22.4 Å². The lowest BCUT2D eigenvalue weighted by Gasteiger charge is -2.41. The summed E-state index contributed by atoms with van der Waals surface area (Å²) in [6.45, 7) is 6.32. The summed E-state index contributed by atoms with van der Waals surface area (Å²) < 4.78 is 0. The van der Waals surface area contributed by atoms with E-state index in [9.17, 15) is 0 Å². The molecule has 80 valence electrons. The zero-order chi connectivity index (χ0) is 10.8. The van der Waals surface area contributed by atoms with Crippen molar-refractivity contribution in [3.8, 4) is 0 Å². The van der Waals surface area contributed by atoms with Gasteiger partial charge in [-0.15, -0.1) is 0 Å². The first-order valence-corrected chi connectivity index (χ1v) is 5.78. The predicted molar refractivity (Wildman–Crippen MR) is 61.6 cm³/mol. The van der Waals surface area contributed by atoms with Crippen LogP contribution >= 0.6 is 11.3 Å². The Kier molecular flexibility index (Phi) is 3.35. The van der Waals surface area contributed by atoms with Crippen molar-refractivity contribution >= 4 is 11.3 Å². The quantitative estimate of drug-likeness (QED) is 0.805. The molecule has 1 rings (SSSR count). The van der Waals surface area contributed by atoms with Gasteiger partial charge in [0.15, 0.2) is 0 Å². The van der Waals surface area contributed by atoms with E-state index >= 15 is 0 Å². The number of aliphatic hydroxyl groups is 1. The van der Waals surface area contributed by atoms with Crippen LogP contribution in [0.3, 0.4) is 0 Å². The fraction of sp³-hybridized carbons (Fsp3) is 0.636. The van der Waals surface area contributed by atoms with Gasteiger partial charge in [0.05, 0.1) is 0 Å². The van der Waals surface area contributed by atoms with Crippen LogP contribution in [0.15, 0.2) is 16.8 Å². The maximum atomic E-state index is 9.11. The number of aliphatic hydroxyl groups excluding tert-OH is 1. The molecule has 1 heterocycles. The van der Waals surface area contributed by atoms with Crippen molar-refractivity contribution in [1.82, 2.24) is 0 Å². The fourth-order valence-electron chi connectivity index (χ4n) is 1.64. The van der Waals surface area contributed by atoms with E-state index in [0.29, 0.717) is 6.42 Å². The van der Waals surface area contributed by atoms with E-state index in [4.69, 9.17) is 10.8 Å². The third-order valence-electron chi connectivity index (χ3n) is 3.19. The minimum absolute atomic E-state index is 0.151. The normalized spacial score (nSPS) is 16.6. The van der Waals surface area contributed by atoms with E-state index in [2.05, 4.69) is 23.8 Å². The molecule has 0 saturated heterocycles. The van der Waals surface area contributed by atoms with Gasteiger partial charge in [0, 0.05) is 17.6 Å². The number of hydrogen-bond acceptors (Lipinski definition) is 3. The average Bonchev–Trinajstić information content (AvgIpc) is 2.54. The van der Waals surface area contributed by atoms with Crippen LogP contribution in [0.2, 0.25) is 0 Å². The Morgan fingerprint density at radius 2 is 2.07 bits per heavy atom. The van der Waals surface area contributed by atoms with Gasteiger partial charge in [-0.3, -0.25) is 0 Å². The minimum Gasteiger partial charge on any atom is -0.396 e. The molecule has 0 saturated carbocycles. The zero-order valence-corrected chi connectivity index (χ0v) is 9.90. The number of rotatable bonds is 4. The topological polar surface area (TPSA) is 46.2 Å². The first-order valence-electron chi connectivity index (χ1n) is 4.84. The smallest absolute Gasteiger partial charge is 0.0440 e. The van der Waals surface area contributed by atoms with Crippen LogP contribution in [-0.4, -0.2) is 17.3 Å². The molecule has 0 aliphatic heterocycles. The number of nitrogens with two attached hydrogens (primary N) is 1. The van der Waals surface area contributed by atoms with E-state index < -0.39 is 0 Å². The summed E-state index contributed by atoms with van der Waals surface area (Å²) in [6.07, 6.45) is 0.702. The van der Waals surface area contributed by atoms with Gasteiger partial charge in [0.2, 0.25) is 0 Å². The molecule has 0 bridgehead atoms. The van der Waals surface area contributed by atoms with Gasteiger partial charge >= 0.3 is 0 Å². The standard InChI is InChI=1S/C11H19NOS/c1-10(2,12)11(3,5-6-13)9-4-7-14-8-9/h4,7-8,13H,5-6,12H2,1-3H3. The maximum Gasteiger partial charge on any atom is 0.0440 e. The largest absolute Gasteiger partial charge is 0.396 e. The molecule has 0 spiro atoms. The first kappa shape index (κ1) is 11.7. The molecule has 1 aromatic rings. The van der Waals surface area contributed by atoms with Crippen molar-refractivity contribution in [2.24, 2.45) is 5.73 Å². The highest BCUT2D eigenvalue weighted by Crippen LogP contribution is 2.37. The molecule has 1 unspecified atom stereocenters. The van der Waals surface area contributed by atoms with Crippen LogP contribution in [0.1, 0.15) is 32.8 Å². The Hall–Kier alpha value is -0.380. The van der Waals surface area contributed by atoms with Crippen LogP contribution in [-0.2, 0) is 5.41 Å². The molecule has 1 aromatic heterocycles. The average molecular weight is 213 g/mol. The molecule has 0 aliphatic rings. The highest BCUT2D eigenvalue weighted by molar-refractivity contribution is 7.08. The van der Waals surface area contributed by atoms with E-state index in [1.165, 1.54) is 5.56 Å². The van der Waals surface area contributed by atoms with Gasteiger partial charge in [0.25, 0.3) is 0 Å². The van der Waals surface area contributed by atoms with E-state index in [0.717, 1.165) is 0 Å². The van der Waals surface area contributed by atoms with Crippen LogP contribution in [0.5, 0.6) is 0 Å². The lowest BCUT2D eigenvalue weighted by molar-refractivity contribution is 0.191. The SMILES string of the molecule is CC(C)(N)C(C)(CCO)c1ccsc1. The van der Waals surface area contributed by atoms with Crippen LogP contribution in [0.4, 0.5) is 0 Å². The Bertz CT molecular complexity index is 276. The fourth-order valence-corrected chi connectivity index (χ4v) is 2.43. The van der Waals surface area contributed by atoms with Gasteiger partial charge in [0.1, 0.15) is 0 Å². The summed E-state index contributed by atoms with van der Waals surface area (Å²) in [7, 11) is 0. The molecule has 3 N–H and O–H groups in total. The molecule has 2 nitrogen and oxygen atoms in total. The van der Waals surface area contributed by atoms with E-state index in [1.807, 2.05) is 13.8 Å². The second kappa shape index (κ2) is 4.01. The van der Waals surface area contributed by atoms with Gasteiger partial charge < -0.3 is 10.8 Å². The molecular weight excluding hydrogens is 194 g/mol. The Balaban J connectivity index is 3.06. The van der Waals surface area contributed by atoms with Gasteiger partial charge in [-0.2, -0.15) is 11.3 Å². The Morgan fingerprint density at radius 1 is 1.43 bits per heavy atom. The molecule has 1 atom stereocenters. The van der Waals surface area contributed by atoms with Gasteiger partial charge in [-0.1, -0.05) is 6.92 Å². The molecular formula is C11H19NOS. The molecule has 3 heteroatoms. The summed E-state index contributed by atoms with van der Waals surface area (Å²) in [5.41, 5.74) is 6.94. The Labute approximate surface area is 89.8 Å². The summed E-state index contributed by atoms with van der Waals surface area (Å²) in [5, 5.41) is 13.3. The van der Waals surface area contributed by atoms with Crippen LogP contribution in [0, 0.1) is 0 Å². The molecule has 0 aromatic carbocycles. The summed E-state index contributed by atoms with van der Waals surface area (Å²) in [6, 6.07) is 2.09. The highest BCUT2D eigenvalue weighted by Gasteiger charge is 2.39. The summed E-state index contributed by atoms with van der Waals surface area (Å²) >= 11 is 1.67. The lowest BCUT2D eigenvalue weighted by Crippen LogP contribution is -2.52. The molecule has 0 fully saturated rings. The van der Waals surface area contributed by atoms with Crippen molar-refractivity contribution in [2.75, 3.05) is 6.61 Å². The molecule has 14 heavy (non-hydrogen) atoms. The van der Waals surface area contributed by atoms with Crippen molar-refractivity contribution < 1.29 is 5.11 Å². The van der Waals surface area contributed by atoms with Crippen molar-refractivity contribution in [1.29, 1.82) is 0 Å². The zero-order valence-electron chi connectivity index (χ0n) is 9.08. The molecule has 0 radical (unpaired) electrons. The third kappa shape index (κ3) is 2.00. The summed E-state index contributed by atoms with van der Waals surface area (Å²) in [5.74, 6) is 0. The minimum atomic E-state index is -0.323. The number of thiophene rings is 1. The highest BCUT2D eigenvalue weighted by atomic mass is 32.1. The van der Waals surface area contributed by atoms with E-state index in [-0.39, 0.29) is 17.6 Å². The lowest BCUT2D eigenvalue weighted by atomic mass is 9.67. The summed E-state index contributed by atoms with van der Waals surface area (Å²) in [4.78, 5) is 0. The number of hydrogen-bond donors (Lipinski definition) is 2.